The molecule has 2 heteroatoms. The van der Waals surface area contributed by atoms with Gasteiger partial charge in [-0.3, -0.25) is 4.90 Å². The van der Waals surface area contributed by atoms with Crippen LogP contribution in [0.3, 0.4) is 0 Å². The zero-order valence-electron chi connectivity index (χ0n) is 10.7. The molecule has 0 amide bonds. The normalized spacial score (nSPS) is 26.0. The van der Waals surface area contributed by atoms with E-state index in [2.05, 4.69) is 42.2 Å². The number of hydrogen-bond donors (Lipinski definition) is 1. The zero-order chi connectivity index (χ0) is 12.1. The lowest BCUT2D eigenvalue weighted by atomic mass is 9.91. The van der Waals surface area contributed by atoms with Crippen LogP contribution < -0.4 is 0 Å². The average molecular weight is 233 g/mol. The number of aliphatic hydroxyl groups excluding tert-OH is 1. The van der Waals surface area contributed by atoms with Crippen molar-refractivity contribution in [3.8, 4) is 0 Å². The van der Waals surface area contributed by atoms with Crippen LogP contribution in [0, 0.1) is 5.92 Å². The molecule has 1 saturated heterocycles. The van der Waals surface area contributed by atoms with Crippen molar-refractivity contribution < 1.29 is 5.11 Å². The molecule has 0 bridgehead atoms. The maximum absolute atomic E-state index is 9.49. The Labute approximate surface area is 104 Å². The van der Waals surface area contributed by atoms with Gasteiger partial charge in [-0.05, 0) is 37.3 Å². The molecule has 1 aromatic rings. The molecule has 2 nitrogen and oxygen atoms in total. The highest BCUT2D eigenvalue weighted by Gasteiger charge is 2.27. The Morgan fingerprint density at radius 1 is 1.29 bits per heavy atom. The van der Waals surface area contributed by atoms with E-state index in [1.54, 1.807) is 0 Å². The maximum Gasteiger partial charge on any atom is 0.0589 e. The second-order valence-corrected chi connectivity index (χ2v) is 5.14. The third-order valence-corrected chi connectivity index (χ3v) is 3.95. The van der Waals surface area contributed by atoms with Crippen LogP contribution in [0.15, 0.2) is 30.3 Å². The summed E-state index contributed by atoms with van der Waals surface area (Å²) in [6, 6.07) is 11.0. The summed E-state index contributed by atoms with van der Waals surface area (Å²) in [5.41, 5.74) is 1.39. The molecule has 0 radical (unpaired) electrons. The van der Waals surface area contributed by atoms with Crippen LogP contribution in [0.2, 0.25) is 0 Å². The number of rotatable bonds is 4. The molecule has 0 aliphatic carbocycles. The fourth-order valence-electron chi connectivity index (χ4n) is 2.82. The molecule has 94 valence electrons. The standard InChI is InChI=1S/C15H23NO/c1-13-6-5-10-16(15(13)12-17)11-9-14-7-3-2-4-8-14/h2-4,7-8,13,15,17H,5-6,9-12H2,1H3. The summed E-state index contributed by atoms with van der Waals surface area (Å²) in [5.74, 6) is 0.629. The van der Waals surface area contributed by atoms with Crippen LogP contribution in [0.4, 0.5) is 0 Å². The largest absolute Gasteiger partial charge is 0.395 e. The monoisotopic (exact) mass is 233 g/mol. The summed E-state index contributed by atoms with van der Waals surface area (Å²) < 4.78 is 0. The van der Waals surface area contributed by atoms with Crippen LogP contribution in [-0.2, 0) is 6.42 Å². The van der Waals surface area contributed by atoms with Crippen LogP contribution in [-0.4, -0.2) is 35.7 Å². The minimum atomic E-state index is 0.302. The lowest BCUT2D eigenvalue weighted by Gasteiger charge is -2.39. The van der Waals surface area contributed by atoms with E-state index >= 15 is 0 Å². The van der Waals surface area contributed by atoms with E-state index in [4.69, 9.17) is 0 Å². The Bertz CT molecular complexity index is 325. The van der Waals surface area contributed by atoms with E-state index in [9.17, 15) is 5.11 Å². The Morgan fingerprint density at radius 3 is 2.76 bits per heavy atom. The van der Waals surface area contributed by atoms with Gasteiger partial charge in [0.15, 0.2) is 0 Å². The molecule has 1 aromatic carbocycles. The minimum Gasteiger partial charge on any atom is -0.395 e. The molecule has 1 fully saturated rings. The summed E-state index contributed by atoms with van der Waals surface area (Å²) in [6.07, 6.45) is 3.61. The SMILES string of the molecule is CC1CCCN(CCc2ccccc2)C1CO. The van der Waals surface area contributed by atoms with E-state index in [0.29, 0.717) is 18.6 Å². The smallest absolute Gasteiger partial charge is 0.0589 e. The van der Waals surface area contributed by atoms with Crippen molar-refractivity contribution in [2.45, 2.75) is 32.2 Å². The van der Waals surface area contributed by atoms with Gasteiger partial charge in [0.25, 0.3) is 0 Å². The maximum atomic E-state index is 9.49. The number of benzene rings is 1. The van der Waals surface area contributed by atoms with E-state index in [-0.39, 0.29) is 0 Å². The molecule has 0 saturated carbocycles. The Morgan fingerprint density at radius 2 is 2.06 bits per heavy atom. The van der Waals surface area contributed by atoms with E-state index < -0.39 is 0 Å². The molecule has 2 unspecified atom stereocenters. The fraction of sp³-hybridized carbons (Fsp3) is 0.600. The number of nitrogens with zero attached hydrogens (tertiary/aromatic N) is 1. The van der Waals surface area contributed by atoms with Crippen LogP contribution in [0.5, 0.6) is 0 Å². The van der Waals surface area contributed by atoms with Crippen LogP contribution >= 0.6 is 0 Å². The molecule has 17 heavy (non-hydrogen) atoms. The lowest BCUT2D eigenvalue weighted by Crippen LogP contribution is -2.47. The summed E-state index contributed by atoms with van der Waals surface area (Å²) >= 11 is 0. The van der Waals surface area contributed by atoms with Gasteiger partial charge in [-0.15, -0.1) is 0 Å². The van der Waals surface area contributed by atoms with E-state index in [0.717, 1.165) is 19.5 Å². The van der Waals surface area contributed by atoms with E-state index in [1.165, 1.54) is 18.4 Å². The van der Waals surface area contributed by atoms with Gasteiger partial charge < -0.3 is 5.11 Å². The molecule has 0 spiro atoms. The van der Waals surface area contributed by atoms with Crippen LogP contribution in [0.25, 0.3) is 0 Å². The molecule has 1 aliphatic rings. The van der Waals surface area contributed by atoms with Gasteiger partial charge >= 0.3 is 0 Å². The van der Waals surface area contributed by atoms with Gasteiger partial charge in [-0.25, -0.2) is 0 Å². The first-order valence-electron chi connectivity index (χ1n) is 6.70. The molecule has 2 atom stereocenters. The highest BCUT2D eigenvalue weighted by atomic mass is 16.3. The first-order valence-corrected chi connectivity index (χ1v) is 6.70. The summed E-state index contributed by atoms with van der Waals surface area (Å²) in [7, 11) is 0. The predicted octanol–water partition coefficient (Wildman–Crippen LogP) is 2.32. The molecule has 0 aromatic heterocycles. The second-order valence-electron chi connectivity index (χ2n) is 5.14. The number of hydrogen-bond acceptors (Lipinski definition) is 2. The predicted molar refractivity (Wildman–Crippen MR) is 71.0 cm³/mol. The average Bonchev–Trinajstić information content (AvgIpc) is 2.37. The first-order chi connectivity index (χ1) is 8.31. The van der Waals surface area contributed by atoms with Gasteiger partial charge in [0.1, 0.15) is 0 Å². The van der Waals surface area contributed by atoms with Crippen molar-refractivity contribution in [2.75, 3.05) is 19.7 Å². The first kappa shape index (κ1) is 12.6. The van der Waals surface area contributed by atoms with Gasteiger partial charge in [0, 0.05) is 12.6 Å². The van der Waals surface area contributed by atoms with Crippen molar-refractivity contribution >= 4 is 0 Å². The lowest BCUT2D eigenvalue weighted by molar-refractivity contribution is 0.0539. The van der Waals surface area contributed by atoms with Gasteiger partial charge in [0.2, 0.25) is 0 Å². The molecule has 1 N–H and O–H groups in total. The Hall–Kier alpha value is -0.860. The Balaban J connectivity index is 1.89. The quantitative estimate of drug-likeness (QED) is 0.862. The highest BCUT2D eigenvalue weighted by molar-refractivity contribution is 5.14. The van der Waals surface area contributed by atoms with Gasteiger partial charge in [-0.2, -0.15) is 0 Å². The third kappa shape index (κ3) is 3.30. The summed E-state index contributed by atoms with van der Waals surface area (Å²) in [4.78, 5) is 2.46. The number of aliphatic hydroxyl groups is 1. The molecule has 1 aliphatic heterocycles. The van der Waals surface area contributed by atoms with E-state index in [1.807, 2.05) is 0 Å². The van der Waals surface area contributed by atoms with Gasteiger partial charge in [0.05, 0.1) is 6.61 Å². The third-order valence-electron chi connectivity index (χ3n) is 3.95. The fourth-order valence-corrected chi connectivity index (χ4v) is 2.82. The topological polar surface area (TPSA) is 23.5 Å². The van der Waals surface area contributed by atoms with Crippen molar-refractivity contribution in [1.82, 2.24) is 4.90 Å². The van der Waals surface area contributed by atoms with Crippen LogP contribution in [0.1, 0.15) is 25.3 Å². The molecular formula is C15H23NO. The van der Waals surface area contributed by atoms with Crippen molar-refractivity contribution in [3.63, 3.8) is 0 Å². The molecular weight excluding hydrogens is 210 g/mol. The molecule has 2 rings (SSSR count). The highest BCUT2D eigenvalue weighted by Crippen LogP contribution is 2.23. The van der Waals surface area contributed by atoms with Crippen molar-refractivity contribution in [3.05, 3.63) is 35.9 Å². The van der Waals surface area contributed by atoms with Crippen molar-refractivity contribution in [1.29, 1.82) is 0 Å². The zero-order valence-corrected chi connectivity index (χ0v) is 10.7. The number of piperidine rings is 1. The summed E-state index contributed by atoms with van der Waals surface area (Å²) in [5, 5.41) is 9.49. The minimum absolute atomic E-state index is 0.302. The summed E-state index contributed by atoms with van der Waals surface area (Å²) in [6.45, 7) is 4.77. The number of likely N-dealkylation sites (tertiary alicyclic amines) is 1. The van der Waals surface area contributed by atoms with Gasteiger partial charge in [-0.1, -0.05) is 37.3 Å². The second kappa shape index (κ2) is 6.18. The van der Waals surface area contributed by atoms with Crippen molar-refractivity contribution in [2.24, 2.45) is 5.92 Å². The molecule has 1 heterocycles. The Kier molecular flexibility index (Phi) is 4.57.